The van der Waals surface area contributed by atoms with Crippen LogP contribution in [0.5, 0.6) is 0 Å². The maximum Gasteiger partial charge on any atom is 0.170 e. The van der Waals surface area contributed by atoms with Crippen molar-refractivity contribution in [3.8, 4) is 0 Å². The van der Waals surface area contributed by atoms with Crippen LogP contribution in [0.3, 0.4) is 0 Å². The first kappa shape index (κ1) is 12.6. The first-order valence-electron chi connectivity index (χ1n) is 6.28. The zero-order chi connectivity index (χ0) is 13.2. The van der Waals surface area contributed by atoms with Gasteiger partial charge in [-0.25, -0.2) is 0 Å². The van der Waals surface area contributed by atoms with E-state index in [9.17, 15) is 4.79 Å². The first-order chi connectivity index (χ1) is 9.24. The molecule has 1 aliphatic rings. The monoisotopic (exact) mass is 364 g/mol. The third kappa shape index (κ3) is 2.63. The van der Waals surface area contributed by atoms with Crippen molar-refractivity contribution < 1.29 is 4.79 Å². The largest absolute Gasteiger partial charge is 0.358 e. The highest BCUT2D eigenvalue weighted by atomic mass is 127. The molecule has 0 bridgehead atoms. The maximum absolute atomic E-state index is 11.7. The second-order valence-electron chi connectivity index (χ2n) is 4.61. The number of ketones is 1. The topological polar surface area (TPSA) is 42.0 Å². The van der Waals surface area contributed by atoms with Crippen LogP contribution in [0.4, 0.5) is 5.69 Å². The second-order valence-corrected chi connectivity index (χ2v) is 5.68. The summed E-state index contributed by atoms with van der Waals surface area (Å²) in [6.45, 7) is 0. The molecule has 0 unspecified atom stereocenters. The van der Waals surface area contributed by atoms with E-state index in [-0.39, 0.29) is 5.78 Å². The summed E-state index contributed by atoms with van der Waals surface area (Å²) >= 11 is 2.14. The van der Waals surface area contributed by atoms with Crippen LogP contribution in [0.2, 0.25) is 0 Å². The van der Waals surface area contributed by atoms with Crippen LogP contribution in [0.1, 0.15) is 19.3 Å². The Kier molecular flexibility index (Phi) is 3.50. The van der Waals surface area contributed by atoms with Gasteiger partial charge in [-0.05, 0) is 59.7 Å². The SMILES string of the molecule is O=C1CCCC(Nc2ccc3ncccc3c2)=C1I. The lowest BCUT2D eigenvalue weighted by Gasteiger charge is -2.17. The van der Waals surface area contributed by atoms with E-state index in [1.54, 1.807) is 6.20 Å². The van der Waals surface area contributed by atoms with Crippen molar-refractivity contribution in [3.63, 3.8) is 0 Å². The van der Waals surface area contributed by atoms with Gasteiger partial charge in [0.2, 0.25) is 0 Å². The number of benzene rings is 1. The molecule has 0 saturated carbocycles. The number of halogens is 1. The number of pyridine rings is 1. The summed E-state index contributed by atoms with van der Waals surface area (Å²) in [6, 6.07) is 10.0. The highest BCUT2D eigenvalue weighted by molar-refractivity contribution is 14.1. The third-order valence-electron chi connectivity index (χ3n) is 3.24. The Hall–Kier alpha value is -1.43. The molecule has 0 radical (unpaired) electrons. The molecule has 1 heterocycles. The van der Waals surface area contributed by atoms with Gasteiger partial charge in [0.1, 0.15) is 0 Å². The summed E-state index contributed by atoms with van der Waals surface area (Å²) in [7, 11) is 0. The summed E-state index contributed by atoms with van der Waals surface area (Å²) < 4.78 is 0.843. The van der Waals surface area contributed by atoms with Gasteiger partial charge in [0.15, 0.2) is 5.78 Å². The molecule has 0 aliphatic heterocycles. The van der Waals surface area contributed by atoms with E-state index in [0.717, 1.165) is 38.7 Å². The fourth-order valence-corrected chi connectivity index (χ4v) is 2.93. The molecule has 0 atom stereocenters. The minimum atomic E-state index is 0.247. The van der Waals surface area contributed by atoms with Gasteiger partial charge in [0.25, 0.3) is 0 Å². The normalized spacial score (nSPS) is 15.9. The molecule has 0 fully saturated rings. The van der Waals surface area contributed by atoms with Crippen molar-refractivity contribution in [2.24, 2.45) is 0 Å². The molecule has 19 heavy (non-hydrogen) atoms. The molecule has 2 aromatic rings. The van der Waals surface area contributed by atoms with Gasteiger partial charge in [0, 0.05) is 29.4 Å². The van der Waals surface area contributed by atoms with Gasteiger partial charge in [-0.15, -0.1) is 0 Å². The maximum atomic E-state index is 11.7. The van der Waals surface area contributed by atoms with E-state index < -0.39 is 0 Å². The molecule has 0 spiro atoms. The highest BCUT2D eigenvalue weighted by Crippen LogP contribution is 2.28. The standard InChI is InChI=1S/C15H13IN2O/c16-15-13(4-1-5-14(15)19)18-11-6-7-12-10(9-11)3-2-8-17-12/h2-3,6-9,18H,1,4-5H2. The van der Waals surface area contributed by atoms with Gasteiger partial charge < -0.3 is 5.32 Å². The Morgan fingerprint density at radius 2 is 2.11 bits per heavy atom. The summed E-state index contributed by atoms with van der Waals surface area (Å²) in [6.07, 6.45) is 4.34. The molecule has 1 aromatic carbocycles. The Morgan fingerprint density at radius 3 is 3.00 bits per heavy atom. The molecule has 96 valence electrons. The van der Waals surface area contributed by atoms with Gasteiger partial charge in [-0.2, -0.15) is 0 Å². The smallest absolute Gasteiger partial charge is 0.170 e. The van der Waals surface area contributed by atoms with Crippen LogP contribution in [-0.4, -0.2) is 10.8 Å². The minimum Gasteiger partial charge on any atom is -0.358 e. The number of nitrogens with zero attached hydrogens (tertiary/aromatic N) is 1. The van der Waals surface area contributed by atoms with Crippen molar-refractivity contribution in [2.45, 2.75) is 19.3 Å². The number of allylic oxidation sites excluding steroid dienone is 2. The average molecular weight is 364 g/mol. The number of anilines is 1. The van der Waals surface area contributed by atoms with Gasteiger partial charge in [-0.3, -0.25) is 9.78 Å². The van der Waals surface area contributed by atoms with E-state index in [2.05, 4.69) is 39.0 Å². The predicted molar refractivity (Wildman–Crippen MR) is 85.3 cm³/mol. The van der Waals surface area contributed by atoms with E-state index in [4.69, 9.17) is 0 Å². The lowest BCUT2D eigenvalue weighted by Crippen LogP contribution is -2.12. The Balaban J connectivity index is 1.93. The number of nitrogens with one attached hydrogen (secondary N) is 1. The number of aromatic nitrogens is 1. The number of Topliss-reactive ketones (excluding diaryl/α,β-unsaturated/α-hetero) is 1. The predicted octanol–water partition coefficient (Wildman–Crippen LogP) is 4.05. The van der Waals surface area contributed by atoms with E-state index >= 15 is 0 Å². The molecular weight excluding hydrogens is 351 g/mol. The zero-order valence-corrected chi connectivity index (χ0v) is 12.5. The summed E-state index contributed by atoms with van der Waals surface area (Å²) in [4.78, 5) is 16.0. The number of hydrogen-bond acceptors (Lipinski definition) is 3. The van der Waals surface area contributed by atoms with Crippen LogP contribution >= 0.6 is 22.6 Å². The Bertz CT molecular complexity index is 679. The second kappa shape index (κ2) is 5.28. The Morgan fingerprint density at radius 1 is 1.21 bits per heavy atom. The van der Waals surface area contributed by atoms with Crippen LogP contribution in [0.15, 0.2) is 45.8 Å². The van der Waals surface area contributed by atoms with Crippen molar-refractivity contribution in [3.05, 3.63) is 45.8 Å². The molecule has 4 heteroatoms. The molecule has 3 rings (SSSR count). The lowest BCUT2D eigenvalue weighted by molar-refractivity contribution is -0.115. The van der Waals surface area contributed by atoms with Crippen LogP contribution in [0, 0.1) is 0 Å². The van der Waals surface area contributed by atoms with E-state index in [1.807, 2.05) is 24.3 Å². The van der Waals surface area contributed by atoms with Crippen molar-refractivity contribution in [1.82, 2.24) is 4.98 Å². The summed E-state index contributed by atoms with van der Waals surface area (Å²) in [5.74, 6) is 0.247. The summed E-state index contributed by atoms with van der Waals surface area (Å²) in [5, 5.41) is 4.48. The number of hydrogen-bond donors (Lipinski definition) is 1. The molecule has 1 aliphatic carbocycles. The number of carbonyl (C=O) groups is 1. The van der Waals surface area contributed by atoms with Gasteiger partial charge in [-0.1, -0.05) is 6.07 Å². The molecule has 0 amide bonds. The van der Waals surface area contributed by atoms with E-state index in [0.29, 0.717) is 6.42 Å². The number of rotatable bonds is 2. The van der Waals surface area contributed by atoms with Crippen LogP contribution in [-0.2, 0) is 4.79 Å². The summed E-state index contributed by atoms with van der Waals surface area (Å²) in [5.41, 5.74) is 3.04. The van der Waals surface area contributed by atoms with Crippen LogP contribution in [0.25, 0.3) is 10.9 Å². The van der Waals surface area contributed by atoms with Crippen molar-refractivity contribution >= 4 is 45.0 Å². The van der Waals surface area contributed by atoms with E-state index in [1.165, 1.54) is 0 Å². The molecule has 1 aromatic heterocycles. The van der Waals surface area contributed by atoms with Gasteiger partial charge in [0.05, 0.1) is 9.10 Å². The average Bonchev–Trinajstić information content (AvgIpc) is 2.44. The molecule has 0 saturated heterocycles. The fraction of sp³-hybridized carbons (Fsp3) is 0.200. The lowest BCUT2D eigenvalue weighted by atomic mass is 10.0. The fourth-order valence-electron chi connectivity index (χ4n) is 2.26. The minimum absolute atomic E-state index is 0.247. The van der Waals surface area contributed by atoms with Gasteiger partial charge >= 0.3 is 0 Å². The number of carbonyl (C=O) groups excluding carboxylic acids is 1. The van der Waals surface area contributed by atoms with Crippen molar-refractivity contribution in [1.29, 1.82) is 0 Å². The molecule has 1 N–H and O–H groups in total. The molecular formula is C15H13IN2O. The zero-order valence-electron chi connectivity index (χ0n) is 10.3. The highest BCUT2D eigenvalue weighted by Gasteiger charge is 2.18. The van der Waals surface area contributed by atoms with Crippen molar-refractivity contribution in [2.75, 3.05) is 5.32 Å². The number of fused-ring (bicyclic) bond motifs is 1. The first-order valence-corrected chi connectivity index (χ1v) is 7.35. The quantitative estimate of drug-likeness (QED) is 0.818. The molecule has 3 nitrogen and oxygen atoms in total. The third-order valence-corrected chi connectivity index (χ3v) is 4.49. The van der Waals surface area contributed by atoms with Crippen LogP contribution < -0.4 is 5.32 Å². The Labute approximate surface area is 125 Å².